The molecule has 0 aliphatic carbocycles. The summed E-state index contributed by atoms with van der Waals surface area (Å²) < 4.78 is 5.86. The van der Waals surface area contributed by atoms with Crippen molar-refractivity contribution >= 4 is 16.6 Å². The van der Waals surface area contributed by atoms with E-state index in [-0.39, 0.29) is 0 Å². The van der Waals surface area contributed by atoms with Crippen molar-refractivity contribution < 1.29 is 4.74 Å². The lowest BCUT2D eigenvalue weighted by atomic mass is 10.1. The smallest absolute Gasteiger partial charge is 0.127 e. The van der Waals surface area contributed by atoms with Crippen molar-refractivity contribution in [2.75, 3.05) is 5.73 Å². The van der Waals surface area contributed by atoms with Crippen molar-refractivity contribution in [1.82, 2.24) is 4.98 Å². The topological polar surface area (TPSA) is 48.1 Å². The van der Waals surface area contributed by atoms with Crippen LogP contribution in [0.15, 0.2) is 60.8 Å². The summed E-state index contributed by atoms with van der Waals surface area (Å²) in [5.41, 5.74) is 6.56. The number of nitrogen functional groups attached to an aromatic ring is 1. The van der Waals surface area contributed by atoms with E-state index in [4.69, 9.17) is 10.5 Å². The summed E-state index contributed by atoms with van der Waals surface area (Å²) in [4.78, 5) is 4.05. The fourth-order valence-corrected chi connectivity index (χ4v) is 2.00. The predicted molar refractivity (Wildman–Crippen MR) is 76.9 cm³/mol. The van der Waals surface area contributed by atoms with E-state index in [2.05, 4.69) is 23.2 Å². The third-order valence-corrected chi connectivity index (χ3v) is 2.99. The minimum absolute atomic E-state index is 0.487. The second-order valence-corrected chi connectivity index (χ2v) is 4.36. The first-order valence-corrected chi connectivity index (χ1v) is 6.14. The molecular formula is C16H14N2O. The summed E-state index contributed by atoms with van der Waals surface area (Å²) in [6.07, 6.45) is 1.74. The van der Waals surface area contributed by atoms with Gasteiger partial charge in [0.15, 0.2) is 0 Å². The molecule has 1 heterocycles. The van der Waals surface area contributed by atoms with E-state index in [0.29, 0.717) is 12.4 Å². The molecule has 3 nitrogen and oxygen atoms in total. The zero-order valence-electron chi connectivity index (χ0n) is 10.4. The number of benzene rings is 2. The highest BCUT2D eigenvalue weighted by atomic mass is 16.5. The molecule has 19 heavy (non-hydrogen) atoms. The minimum Gasteiger partial charge on any atom is -0.488 e. The maximum Gasteiger partial charge on any atom is 0.127 e. The van der Waals surface area contributed by atoms with E-state index >= 15 is 0 Å². The van der Waals surface area contributed by atoms with Crippen molar-refractivity contribution in [2.45, 2.75) is 6.61 Å². The Bertz CT molecular complexity index is 687. The van der Waals surface area contributed by atoms with E-state index in [0.717, 1.165) is 16.7 Å². The molecule has 0 saturated carbocycles. The van der Waals surface area contributed by atoms with E-state index in [1.807, 2.05) is 30.3 Å². The van der Waals surface area contributed by atoms with Crippen molar-refractivity contribution in [3.63, 3.8) is 0 Å². The molecular weight excluding hydrogens is 236 g/mol. The van der Waals surface area contributed by atoms with Gasteiger partial charge in [0, 0.05) is 17.1 Å². The van der Waals surface area contributed by atoms with Crippen molar-refractivity contribution in [3.05, 3.63) is 66.4 Å². The van der Waals surface area contributed by atoms with Gasteiger partial charge in [0.1, 0.15) is 18.2 Å². The number of nitrogens with zero attached hydrogens (tertiary/aromatic N) is 1. The maximum absolute atomic E-state index is 5.86. The Hall–Kier alpha value is -2.55. The van der Waals surface area contributed by atoms with Gasteiger partial charge in [-0.3, -0.25) is 0 Å². The summed E-state index contributed by atoms with van der Waals surface area (Å²) in [6, 6.07) is 17.9. The number of hydrogen-bond acceptors (Lipinski definition) is 3. The third-order valence-electron chi connectivity index (χ3n) is 2.99. The number of fused-ring (bicyclic) bond motifs is 1. The van der Waals surface area contributed by atoms with Gasteiger partial charge in [-0.05, 0) is 17.5 Å². The van der Waals surface area contributed by atoms with Gasteiger partial charge in [0.25, 0.3) is 0 Å². The first-order valence-electron chi connectivity index (χ1n) is 6.14. The SMILES string of the molecule is Nc1ccc(COc2cccc3ccccc23)cn1. The lowest BCUT2D eigenvalue weighted by molar-refractivity contribution is 0.309. The number of pyridine rings is 1. The van der Waals surface area contributed by atoms with Crippen LogP contribution in [0.1, 0.15) is 5.56 Å². The van der Waals surface area contributed by atoms with Crippen LogP contribution in [0.2, 0.25) is 0 Å². The summed E-state index contributed by atoms with van der Waals surface area (Å²) in [5.74, 6) is 1.41. The standard InChI is InChI=1S/C16H14N2O/c17-16-9-8-12(10-18-16)11-19-15-7-3-5-13-4-1-2-6-14(13)15/h1-10H,11H2,(H2,17,18). The molecule has 3 rings (SSSR count). The van der Waals surface area contributed by atoms with E-state index in [1.165, 1.54) is 5.39 Å². The second kappa shape index (κ2) is 4.98. The molecule has 94 valence electrons. The zero-order valence-corrected chi connectivity index (χ0v) is 10.4. The molecule has 0 radical (unpaired) electrons. The molecule has 0 bridgehead atoms. The summed E-state index contributed by atoms with van der Waals surface area (Å²) in [5, 5.41) is 2.30. The van der Waals surface area contributed by atoms with Crippen molar-refractivity contribution in [1.29, 1.82) is 0 Å². The van der Waals surface area contributed by atoms with Crippen LogP contribution in [0, 0.1) is 0 Å². The number of anilines is 1. The molecule has 3 heteroatoms. The van der Waals surface area contributed by atoms with E-state index in [9.17, 15) is 0 Å². The van der Waals surface area contributed by atoms with Crippen LogP contribution in [0.25, 0.3) is 10.8 Å². The quantitative estimate of drug-likeness (QED) is 0.775. The second-order valence-electron chi connectivity index (χ2n) is 4.36. The largest absolute Gasteiger partial charge is 0.488 e. The Kier molecular flexibility index (Phi) is 3.02. The van der Waals surface area contributed by atoms with Crippen LogP contribution in [-0.2, 0) is 6.61 Å². The first-order chi connectivity index (χ1) is 9.33. The lowest BCUT2D eigenvalue weighted by Crippen LogP contribution is -1.98. The Morgan fingerprint density at radius 3 is 2.63 bits per heavy atom. The highest BCUT2D eigenvalue weighted by Crippen LogP contribution is 2.25. The molecule has 0 unspecified atom stereocenters. The number of aromatic nitrogens is 1. The van der Waals surface area contributed by atoms with Crippen molar-refractivity contribution in [2.24, 2.45) is 0 Å². The summed E-state index contributed by atoms with van der Waals surface area (Å²) in [6.45, 7) is 0.487. The van der Waals surface area contributed by atoms with E-state index < -0.39 is 0 Å². The molecule has 0 saturated heterocycles. The number of hydrogen-bond donors (Lipinski definition) is 1. The van der Waals surface area contributed by atoms with Crippen LogP contribution in [0.5, 0.6) is 5.75 Å². The zero-order chi connectivity index (χ0) is 13.1. The molecule has 2 aromatic carbocycles. The van der Waals surface area contributed by atoms with Crippen LogP contribution in [-0.4, -0.2) is 4.98 Å². The molecule has 0 aliphatic heterocycles. The van der Waals surface area contributed by atoms with E-state index in [1.54, 1.807) is 12.3 Å². The molecule has 0 atom stereocenters. The van der Waals surface area contributed by atoms with Gasteiger partial charge >= 0.3 is 0 Å². The van der Waals surface area contributed by atoms with Crippen LogP contribution >= 0.6 is 0 Å². The van der Waals surface area contributed by atoms with Crippen molar-refractivity contribution in [3.8, 4) is 5.75 Å². The number of rotatable bonds is 3. The molecule has 0 spiro atoms. The van der Waals surface area contributed by atoms with Gasteiger partial charge in [-0.25, -0.2) is 4.98 Å². The number of ether oxygens (including phenoxy) is 1. The summed E-state index contributed by atoms with van der Waals surface area (Å²) in [7, 11) is 0. The van der Waals surface area contributed by atoms with Gasteiger partial charge in [-0.2, -0.15) is 0 Å². The predicted octanol–water partition coefficient (Wildman–Crippen LogP) is 3.40. The normalized spacial score (nSPS) is 10.5. The highest BCUT2D eigenvalue weighted by molar-refractivity contribution is 5.88. The molecule has 0 fully saturated rings. The molecule has 0 aliphatic rings. The Morgan fingerprint density at radius 2 is 1.79 bits per heavy atom. The Labute approximate surface area is 111 Å². The average Bonchev–Trinajstić information content (AvgIpc) is 2.47. The fourth-order valence-electron chi connectivity index (χ4n) is 2.00. The maximum atomic E-state index is 5.86. The first kappa shape index (κ1) is 11.5. The van der Waals surface area contributed by atoms with Gasteiger partial charge < -0.3 is 10.5 Å². The van der Waals surface area contributed by atoms with Crippen LogP contribution in [0.3, 0.4) is 0 Å². The number of nitrogens with two attached hydrogens (primary N) is 1. The van der Waals surface area contributed by atoms with Gasteiger partial charge in [-0.15, -0.1) is 0 Å². The molecule has 0 amide bonds. The average molecular weight is 250 g/mol. The summed E-state index contributed by atoms with van der Waals surface area (Å²) >= 11 is 0. The van der Waals surface area contributed by atoms with Crippen LogP contribution in [0.4, 0.5) is 5.82 Å². The monoisotopic (exact) mass is 250 g/mol. The minimum atomic E-state index is 0.487. The molecule has 3 aromatic rings. The van der Waals surface area contributed by atoms with Gasteiger partial charge in [0.2, 0.25) is 0 Å². The highest BCUT2D eigenvalue weighted by Gasteiger charge is 2.01. The molecule has 1 aromatic heterocycles. The lowest BCUT2D eigenvalue weighted by Gasteiger charge is -2.09. The Morgan fingerprint density at radius 1 is 0.947 bits per heavy atom. The fraction of sp³-hybridized carbons (Fsp3) is 0.0625. The molecule has 2 N–H and O–H groups in total. The Balaban J connectivity index is 1.84. The third kappa shape index (κ3) is 2.50. The van der Waals surface area contributed by atoms with Gasteiger partial charge in [-0.1, -0.05) is 42.5 Å². The van der Waals surface area contributed by atoms with Gasteiger partial charge in [0.05, 0.1) is 0 Å². The van der Waals surface area contributed by atoms with Crippen LogP contribution < -0.4 is 10.5 Å².